The molecule has 2 heterocycles. The van der Waals surface area contributed by atoms with Gasteiger partial charge in [0.25, 0.3) is 0 Å². The number of hydrogen-bond acceptors (Lipinski definition) is 3. The number of amidine groups is 1. The van der Waals surface area contributed by atoms with E-state index in [2.05, 4.69) is 15.2 Å². The van der Waals surface area contributed by atoms with Crippen molar-refractivity contribution in [1.29, 1.82) is 0 Å². The van der Waals surface area contributed by atoms with Crippen molar-refractivity contribution in [2.24, 2.45) is 4.99 Å². The molecule has 1 N–H and O–H groups in total. The lowest BCUT2D eigenvalue weighted by molar-refractivity contribution is 0.321. The molecule has 78 valence electrons. The van der Waals surface area contributed by atoms with Crippen LogP contribution in [0.1, 0.15) is 32.1 Å². The fourth-order valence-electron chi connectivity index (χ4n) is 2.57. The van der Waals surface area contributed by atoms with Crippen molar-refractivity contribution in [3.05, 3.63) is 0 Å². The third-order valence-corrected chi connectivity index (χ3v) is 3.53. The van der Waals surface area contributed by atoms with Gasteiger partial charge in [0.05, 0.1) is 5.84 Å². The van der Waals surface area contributed by atoms with Gasteiger partial charge in [-0.25, -0.2) is 0 Å². The van der Waals surface area contributed by atoms with Crippen molar-refractivity contribution >= 4 is 5.84 Å². The van der Waals surface area contributed by atoms with Crippen LogP contribution in [-0.2, 0) is 0 Å². The van der Waals surface area contributed by atoms with Crippen LogP contribution in [0.4, 0.5) is 0 Å². The van der Waals surface area contributed by atoms with E-state index in [9.17, 15) is 0 Å². The minimum Gasteiger partial charge on any atom is -0.370 e. The molecule has 2 fully saturated rings. The molecule has 1 saturated heterocycles. The van der Waals surface area contributed by atoms with Gasteiger partial charge < -0.3 is 5.32 Å². The van der Waals surface area contributed by atoms with Crippen molar-refractivity contribution in [3.63, 3.8) is 0 Å². The Morgan fingerprint density at radius 3 is 2.93 bits per heavy atom. The van der Waals surface area contributed by atoms with E-state index in [-0.39, 0.29) is 0 Å². The van der Waals surface area contributed by atoms with E-state index in [0.717, 1.165) is 12.6 Å². The summed E-state index contributed by atoms with van der Waals surface area (Å²) in [6.45, 7) is 3.60. The van der Waals surface area contributed by atoms with E-state index in [0.29, 0.717) is 6.04 Å². The summed E-state index contributed by atoms with van der Waals surface area (Å²) in [6, 6.07) is 1.62. The Bertz CT molecular complexity index is 245. The predicted molar refractivity (Wildman–Crippen MR) is 57.7 cm³/mol. The molecule has 0 aromatic heterocycles. The van der Waals surface area contributed by atoms with Crippen LogP contribution in [0.2, 0.25) is 0 Å². The molecule has 1 unspecified atom stereocenters. The minimum absolute atomic E-state index is 0.687. The summed E-state index contributed by atoms with van der Waals surface area (Å²) >= 11 is 0. The number of nitrogens with zero attached hydrogens (tertiary/aromatic N) is 2. The summed E-state index contributed by atoms with van der Waals surface area (Å²) < 4.78 is 0. The van der Waals surface area contributed by atoms with Crippen LogP contribution >= 0.6 is 0 Å². The summed E-state index contributed by atoms with van der Waals surface area (Å²) in [5.41, 5.74) is 0. The van der Waals surface area contributed by atoms with Gasteiger partial charge in [-0.3, -0.25) is 9.89 Å². The van der Waals surface area contributed by atoms with E-state index in [1.807, 2.05) is 0 Å². The van der Waals surface area contributed by atoms with Gasteiger partial charge in [0, 0.05) is 38.1 Å². The monoisotopic (exact) mass is 193 g/mol. The lowest BCUT2D eigenvalue weighted by Gasteiger charge is -2.16. The van der Waals surface area contributed by atoms with Crippen molar-refractivity contribution < 1.29 is 0 Å². The van der Waals surface area contributed by atoms with Crippen molar-refractivity contribution in [3.8, 4) is 0 Å². The minimum atomic E-state index is 0.687. The molecule has 3 heteroatoms. The number of likely N-dealkylation sites (tertiary alicyclic amines) is 1. The maximum absolute atomic E-state index is 4.47. The molecule has 0 aromatic carbocycles. The smallest absolute Gasteiger partial charge is 0.0966 e. The first-order valence-corrected chi connectivity index (χ1v) is 5.96. The fourth-order valence-corrected chi connectivity index (χ4v) is 2.57. The Hall–Kier alpha value is -0.570. The van der Waals surface area contributed by atoms with Crippen molar-refractivity contribution in [2.45, 2.75) is 44.2 Å². The Kier molecular flexibility index (Phi) is 2.20. The Balaban J connectivity index is 1.49. The summed E-state index contributed by atoms with van der Waals surface area (Å²) in [4.78, 5) is 7.12. The molecule has 1 aliphatic carbocycles. The van der Waals surface area contributed by atoms with Crippen LogP contribution < -0.4 is 5.32 Å². The molecule has 0 bridgehead atoms. The second kappa shape index (κ2) is 3.54. The van der Waals surface area contributed by atoms with Gasteiger partial charge in [0.1, 0.15) is 0 Å². The second-order valence-electron chi connectivity index (χ2n) is 4.79. The van der Waals surface area contributed by atoms with Crippen LogP contribution in [0.15, 0.2) is 4.99 Å². The highest BCUT2D eigenvalue weighted by atomic mass is 15.2. The SMILES string of the molecule is C1CN=C(NC2CCN(C3CC3)C2)C1. The molecule has 1 saturated carbocycles. The van der Waals surface area contributed by atoms with Gasteiger partial charge in [0.2, 0.25) is 0 Å². The quantitative estimate of drug-likeness (QED) is 0.708. The standard InChI is InChI=1S/C11H19N3/c1-2-11(12-6-1)13-9-5-7-14(8-9)10-3-4-10/h9-10H,1-8H2,(H,12,13). The summed E-state index contributed by atoms with van der Waals surface area (Å²) in [5, 5.41) is 3.60. The van der Waals surface area contributed by atoms with E-state index in [4.69, 9.17) is 0 Å². The van der Waals surface area contributed by atoms with Gasteiger partial charge in [-0.2, -0.15) is 0 Å². The van der Waals surface area contributed by atoms with Crippen LogP contribution in [-0.4, -0.2) is 42.5 Å². The van der Waals surface area contributed by atoms with Crippen LogP contribution in [0.5, 0.6) is 0 Å². The molecule has 0 amide bonds. The van der Waals surface area contributed by atoms with Gasteiger partial charge in [-0.05, 0) is 25.7 Å². The highest BCUT2D eigenvalue weighted by Crippen LogP contribution is 2.29. The molecule has 3 aliphatic rings. The molecule has 0 radical (unpaired) electrons. The molecular weight excluding hydrogens is 174 g/mol. The Morgan fingerprint density at radius 2 is 2.21 bits per heavy atom. The first-order chi connectivity index (χ1) is 6.92. The largest absolute Gasteiger partial charge is 0.370 e. The molecule has 14 heavy (non-hydrogen) atoms. The van der Waals surface area contributed by atoms with Gasteiger partial charge in [-0.15, -0.1) is 0 Å². The maximum atomic E-state index is 4.47. The highest BCUT2D eigenvalue weighted by molar-refractivity contribution is 5.83. The summed E-state index contributed by atoms with van der Waals surface area (Å²) in [7, 11) is 0. The van der Waals surface area contributed by atoms with Crippen LogP contribution in [0, 0.1) is 0 Å². The average molecular weight is 193 g/mol. The normalized spacial score (nSPS) is 33.4. The molecule has 1 atom stereocenters. The van der Waals surface area contributed by atoms with Crippen molar-refractivity contribution in [2.75, 3.05) is 19.6 Å². The predicted octanol–water partition coefficient (Wildman–Crippen LogP) is 1.00. The molecule has 0 spiro atoms. The zero-order valence-corrected chi connectivity index (χ0v) is 8.71. The third-order valence-electron chi connectivity index (χ3n) is 3.53. The van der Waals surface area contributed by atoms with Crippen LogP contribution in [0.3, 0.4) is 0 Å². The summed E-state index contributed by atoms with van der Waals surface area (Å²) in [5.74, 6) is 1.27. The van der Waals surface area contributed by atoms with E-state index in [1.165, 1.54) is 51.0 Å². The lowest BCUT2D eigenvalue weighted by atomic mass is 10.2. The fraction of sp³-hybridized carbons (Fsp3) is 0.909. The van der Waals surface area contributed by atoms with E-state index in [1.54, 1.807) is 0 Å². The molecule has 3 rings (SSSR count). The third kappa shape index (κ3) is 1.78. The zero-order valence-electron chi connectivity index (χ0n) is 8.71. The Labute approximate surface area is 85.6 Å². The number of rotatable bonds is 2. The first kappa shape index (κ1) is 8.72. The molecule has 3 nitrogen and oxygen atoms in total. The van der Waals surface area contributed by atoms with Crippen LogP contribution in [0.25, 0.3) is 0 Å². The first-order valence-electron chi connectivity index (χ1n) is 5.96. The maximum Gasteiger partial charge on any atom is 0.0966 e. The van der Waals surface area contributed by atoms with Gasteiger partial charge >= 0.3 is 0 Å². The van der Waals surface area contributed by atoms with E-state index >= 15 is 0 Å². The number of hydrogen-bond donors (Lipinski definition) is 1. The zero-order chi connectivity index (χ0) is 9.38. The lowest BCUT2D eigenvalue weighted by Crippen LogP contribution is -2.36. The van der Waals surface area contributed by atoms with Gasteiger partial charge in [-0.1, -0.05) is 0 Å². The molecule has 2 aliphatic heterocycles. The topological polar surface area (TPSA) is 27.6 Å². The van der Waals surface area contributed by atoms with E-state index < -0.39 is 0 Å². The highest BCUT2D eigenvalue weighted by Gasteiger charge is 2.34. The van der Waals surface area contributed by atoms with Crippen molar-refractivity contribution in [1.82, 2.24) is 10.2 Å². The number of nitrogens with one attached hydrogen (secondary N) is 1. The summed E-state index contributed by atoms with van der Waals surface area (Å²) in [6.07, 6.45) is 6.62. The average Bonchev–Trinajstić information content (AvgIpc) is 2.75. The van der Waals surface area contributed by atoms with Gasteiger partial charge in [0.15, 0.2) is 0 Å². The second-order valence-corrected chi connectivity index (χ2v) is 4.79. The molecule has 0 aromatic rings. The molecular formula is C11H19N3. The Morgan fingerprint density at radius 1 is 1.29 bits per heavy atom. The number of aliphatic imine (C=N–C) groups is 1.